The third-order valence-corrected chi connectivity index (χ3v) is 6.57. The third kappa shape index (κ3) is 4.88. The minimum atomic E-state index is -0.906. The molecule has 0 saturated carbocycles. The predicted octanol–water partition coefficient (Wildman–Crippen LogP) is 3.73. The van der Waals surface area contributed by atoms with Gasteiger partial charge in [0.1, 0.15) is 17.0 Å². The van der Waals surface area contributed by atoms with Gasteiger partial charge < -0.3 is 20.2 Å². The van der Waals surface area contributed by atoms with Crippen LogP contribution in [0, 0.1) is 11.3 Å². The van der Waals surface area contributed by atoms with Gasteiger partial charge in [0.25, 0.3) is 5.91 Å². The Morgan fingerprint density at radius 1 is 1.32 bits per heavy atom. The molecule has 2 aromatic carbocycles. The Labute approximate surface area is 219 Å². The Hall–Kier alpha value is -4.49. The van der Waals surface area contributed by atoms with E-state index < -0.39 is 11.7 Å². The van der Waals surface area contributed by atoms with Crippen molar-refractivity contribution in [2.45, 2.75) is 38.3 Å². The maximum atomic E-state index is 12.8. The normalized spacial score (nSPS) is 20.9. The number of dihydropyridines is 1. The average molecular weight is 513 g/mol. The number of ether oxygens (including phenoxy) is 1. The monoisotopic (exact) mass is 512 g/mol. The van der Waals surface area contributed by atoms with Gasteiger partial charge in [0, 0.05) is 22.7 Å². The average Bonchev–Trinajstić information content (AvgIpc) is 3.47. The van der Waals surface area contributed by atoms with Crippen molar-refractivity contribution in [1.29, 1.82) is 5.26 Å². The highest BCUT2D eigenvalue weighted by Crippen LogP contribution is 2.31. The molecule has 194 valence electrons. The maximum absolute atomic E-state index is 12.8. The lowest BCUT2D eigenvalue weighted by Crippen LogP contribution is -2.44. The number of hydrogen-bond acceptors (Lipinski definition) is 8. The number of rotatable bonds is 5. The molecule has 3 N–H and O–H groups in total. The van der Waals surface area contributed by atoms with Crippen LogP contribution in [0.25, 0.3) is 22.6 Å². The van der Waals surface area contributed by atoms with Crippen LogP contribution in [0.2, 0.25) is 0 Å². The molecule has 2 aliphatic heterocycles. The number of hydrogen-bond donors (Lipinski definition) is 2. The molecule has 1 fully saturated rings. The summed E-state index contributed by atoms with van der Waals surface area (Å²) in [6, 6.07) is 12.4. The first kappa shape index (κ1) is 25.2. The second-order valence-electron chi connectivity index (χ2n) is 10.1. The molecular formula is C28H28N6O4. The van der Waals surface area contributed by atoms with E-state index >= 15 is 0 Å². The molecule has 2 atom stereocenters. The Kier molecular flexibility index (Phi) is 6.46. The standard InChI is InChI=1S/C28H28N6O4/c1-16(2)21-10-17(12-29)11-22-24(21)37-26(33-22)19-6-4-18(5-7-19)25(35)32-14-28(3)15-34(27(36)38-28)23-9-8-20(30)13-31-23/h4-11,16,20H,13-15,30H2,1-3H3,(H,32,35). The van der Waals surface area contributed by atoms with Gasteiger partial charge in [-0.15, -0.1) is 0 Å². The van der Waals surface area contributed by atoms with E-state index in [0.29, 0.717) is 46.1 Å². The van der Waals surface area contributed by atoms with Gasteiger partial charge in [-0.25, -0.2) is 9.78 Å². The van der Waals surface area contributed by atoms with Crippen molar-refractivity contribution < 1.29 is 18.7 Å². The first-order chi connectivity index (χ1) is 18.2. The summed E-state index contributed by atoms with van der Waals surface area (Å²) in [6.45, 7) is 6.63. The van der Waals surface area contributed by atoms with Crippen LogP contribution in [0.15, 0.2) is 58.0 Å². The van der Waals surface area contributed by atoms with Crippen molar-refractivity contribution in [2.24, 2.45) is 10.7 Å². The van der Waals surface area contributed by atoms with Crippen LogP contribution in [0.4, 0.5) is 4.79 Å². The highest BCUT2D eigenvalue weighted by Gasteiger charge is 2.43. The highest BCUT2D eigenvalue weighted by atomic mass is 16.6. The summed E-state index contributed by atoms with van der Waals surface area (Å²) in [5.41, 5.74) is 8.78. The van der Waals surface area contributed by atoms with E-state index in [0.717, 1.165) is 5.56 Å². The molecule has 5 rings (SSSR count). The molecule has 1 saturated heterocycles. The van der Waals surface area contributed by atoms with Crippen LogP contribution in [0.1, 0.15) is 48.2 Å². The van der Waals surface area contributed by atoms with Crippen molar-refractivity contribution in [2.75, 3.05) is 19.6 Å². The minimum Gasteiger partial charge on any atom is -0.439 e. The number of nitrogens with one attached hydrogen (secondary N) is 1. The fourth-order valence-corrected chi connectivity index (χ4v) is 4.47. The molecule has 3 heterocycles. The summed E-state index contributed by atoms with van der Waals surface area (Å²) < 4.78 is 11.6. The van der Waals surface area contributed by atoms with Gasteiger partial charge in [0.05, 0.1) is 31.3 Å². The second kappa shape index (κ2) is 9.76. The predicted molar refractivity (Wildman–Crippen MR) is 142 cm³/mol. The molecule has 3 aromatic rings. The number of carbonyl (C=O) groups excluding carboxylic acids is 2. The number of nitrogens with zero attached hydrogens (tertiary/aromatic N) is 4. The number of nitriles is 1. The molecule has 38 heavy (non-hydrogen) atoms. The van der Waals surface area contributed by atoms with Gasteiger partial charge in [-0.05, 0) is 55.3 Å². The second-order valence-corrected chi connectivity index (χ2v) is 10.1. The first-order valence-corrected chi connectivity index (χ1v) is 12.4. The SMILES string of the molecule is CC(C)c1cc(C#N)cc2nc(-c3ccc(C(=O)NCC4(C)CN(C5=NCC(N)C=C5)C(=O)O4)cc3)oc12. The van der Waals surface area contributed by atoms with Crippen LogP contribution in [-0.4, -0.2) is 59.0 Å². The summed E-state index contributed by atoms with van der Waals surface area (Å²) in [5, 5.41) is 12.2. The lowest BCUT2D eigenvalue weighted by atomic mass is 10.00. The molecular weight excluding hydrogens is 484 g/mol. The summed E-state index contributed by atoms with van der Waals surface area (Å²) >= 11 is 0. The van der Waals surface area contributed by atoms with Gasteiger partial charge in [-0.1, -0.05) is 19.9 Å². The van der Waals surface area contributed by atoms with E-state index in [9.17, 15) is 14.9 Å². The number of amides is 2. The zero-order valence-electron chi connectivity index (χ0n) is 21.4. The molecule has 2 unspecified atom stereocenters. The number of nitrogens with two attached hydrogens (primary N) is 1. The van der Waals surface area contributed by atoms with Crippen molar-refractivity contribution >= 4 is 28.9 Å². The van der Waals surface area contributed by atoms with Gasteiger partial charge in [-0.3, -0.25) is 14.7 Å². The Bertz CT molecular complexity index is 1510. The van der Waals surface area contributed by atoms with Crippen molar-refractivity contribution in [3.8, 4) is 17.5 Å². The maximum Gasteiger partial charge on any atom is 0.416 e. The molecule has 1 aromatic heterocycles. The van der Waals surface area contributed by atoms with Crippen LogP contribution < -0.4 is 11.1 Å². The Morgan fingerprint density at radius 2 is 2.08 bits per heavy atom. The van der Waals surface area contributed by atoms with E-state index in [4.69, 9.17) is 14.9 Å². The number of carbonyl (C=O) groups is 2. The number of fused-ring (bicyclic) bond motifs is 1. The Morgan fingerprint density at radius 3 is 2.74 bits per heavy atom. The first-order valence-electron chi connectivity index (χ1n) is 12.4. The summed E-state index contributed by atoms with van der Waals surface area (Å²) in [5.74, 6) is 0.781. The van der Waals surface area contributed by atoms with Crippen LogP contribution in [0.5, 0.6) is 0 Å². The number of aliphatic imine (C=N–C) groups is 1. The quantitative estimate of drug-likeness (QED) is 0.529. The van der Waals surface area contributed by atoms with Crippen molar-refractivity contribution in [3.63, 3.8) is 0 Å². The molecule has 10 heteroatoms. The number of aromatic nitrogens is 1. The van der Waals surface area contributed by atoms with Gasteiger partial charge in [0.15, 0.2) is 5.58 Å². The molecule has 0 bridgehead atoms. The lowest BCUT2D eigenvalue weighted by molar-refractivity contribution is 0.0652. The molecule has 0 spiro atoms. The summed E-state index contributed by atoms with van der Waals surface area (Å²) in [4.78, 5) is 35.6. The van der Waals surface area contributed by atoms with Gasteiger partial charge in [0.2, 0.25) is 5.89 Å². The zero-order chi connectivity index (χ0) is 27.0. The molecule has 2 aliphatic rings. The van der Waals surface area contributed by atoms with Gasteiger partial charge in [-0.2, -0.15) is 5.26 Å². The lowest BCUT2D eigenvalue weighted by Gasteiger charge is -2.22. The smallest absolute Gasteiger partial charge is 0.416 e. The fourth-order valence-electron chi connectivity index (χ4n) is 4.47. The van der Waals surface area contributed by atoms with Crippen LogP contribution in [0.3, 0.4) is 0 Å². The third-order valence-electron chi connectivity index (χ3n) is 6.57. The van der Waals surface area contributed by atoms with E-state index in [2.05, 4.69) is 21.4 Å². The number of oxazole rings is 1. The van der Waals surface area contributed by atoms with Crippen LogP contribution >= 0.6 is 0 Å². The van der Waals surface area contributed by atoms with E-state index in [1.54, 1.807) is 49.4 Å². The fraction of sp³-hybridized carbons (Fsp3) is 0.321. The van der Waals surface area contributed by atoms with E-state index in [-0.39, 0.29) is 31.0 Å². The summed E-state index contributed by atoms with van der Waals surface area (Å²) in [7, 11) is 0. The van der Waals surface area contributed by atoms with Crippen molar-refractivity contribution in [1.82, 2.24) is 15.2 Å². The number of cyclic esters (lactones) is 1. The molecule has 2 amide bonds. The highest BCUT2D eigenvalue weighted by molar-refractivity contribution is 6.04. The van der Waals surface area contributed by atoms with Crippen molar-refractivity contribution in [3.05, 3.63) is 65.2 Å². The molecule has 0 aliphatic carbocycles. The number of amidine groups is 1. The van der Waals surface area contributed by atoms with E-state index in [1.165, 1.54) is 4.90 Å². The number of benzene rings is 2. The zero-order valence-corrected chi connectivity index (χ0v) is 21.4. The summed E-state index contributed by atoms with van der Waals surface area (Å²) in [6.07, 6.45) is 3.00. The van der Waals surface area contributed by atoms with Crippen LogP contribution in [-0.2, 0) is 4.74 Å². The largest absolute Gasteiger partial charge is 0.439 e. The molecule has 10 nitrogen and oxygen atoms in total. The molecule has 0 radical (unpaired) electrons. The van der Waals surface area contributed by atoms with E-state index in [1.807, 2.05) is 19.9 Å². The topological polar surface area (TPSA) is 147 Å². The minimum absolute atomic E-state index is 0.136. The Balaban J connectivity index is 1.26. The van der Waals surface area contributed by atoms with Gasteiger partial charge >= 0.3 is 6.09 Å².